The maximum atomic E-state index is 11.0. The molecule has 0 aromatic heterocycles. The second kappa shape index (κ2) is 6.33. The Hall–Kier alpha value is -2.15. The van der Waals surface area contributed by atoms with Gasteiger partial charge in [-0.05, 0) is 31.4 Å². The fourth-order valence-electron chi connectivity index (χ4n) is 2.12. The van der Waals surface area contributed by atoms with Gasteiger partial charge in [0.1, 0.15) is 12.2 Å². The summed E-state index contributed by atoms with van der Waals surface area (Å²) in [5.41, 5.74) is -0.895. The lowest BCUT2D eigenvalue weighted by atomic mass is 10.1. The SMILES string of the molecule is O=C(O)c1cccc(OCC2CCCCO2)c1[N+](=O)[O-]. The number of nitrogens with zero attached hydrogens (tertiary/aromatic N) is 1. The molecule has 0 radical (unpaired) electrons. The number of ether oxygens (including phenoxy) is 2. The van der Waals surface area contributed by atoms with Gasteiger partial charge >= 0.3 is 11.7 Å². The summed E-state index contributed by atoms with van der Waals surface area (Å²) in [6.07, 6.45) is 2.78. The van der Waals surface area contributed by atoms with Crippen molar-refractivity contribution in [3.05, 3.63) is 33.9 Å². The first-order chi connectivity index (χ1) is 9.59. The highest BCUT2D eigenvalue weighted by Crippen LogP contribution is 2.31. The molecule has 1 unspecified atom stereocenters. The van der Waals surface area contributed by atoms with E-state index in [4.69, 9.17) is 14.6 Å². The number of nitro groups is 1. The fourth-order valence-corrected chi connectivity index (χ4v) is 2.12. The predicted molar refractivity (Wildman–Crippen MR) is 69.1 cm³/mol. The predicted octanol–water partition coefficient (Wildman–Crippen LogP) is 2.24. The van der Waals surface area contributed by atoms with E-state index in [1.807, 2.05) is 0 Å². The first-order valence-electron chi connectivity index (χ1n) is 6.34. The van der Waals surface area contributed by atoms with Crippen LogP contribution in [0.3, 0.4) is 0 Å². The lowest BCUT2D eigenvalue weighted by Crippen LogP contribution is -2.26. The van der Waals surface area contributed by atoms with Gasteiger partial charge in [0.05, 0.1) is 11.0 Å². The third kappa shape index (κ3) is 3.24. The monoisotopic (exact) mass is 281 g/mol. The molecule has 2 rings (SSSR count). The maximum Gasteiger partial charge on any atom is 0.342 e. The first-order valence-corrected chi connectivity index (χ1v) is 6.34. The quantitative estimate of drug-likeness (QED) is 0.656. The van der Waals surface area contributed by atoms with Crippen LogP contribution in [0.25, 0.3) is 0 Å². The highest BCUT2D eigenvalue weighted by atomic mass is 16.6. The first kappa shape index (κ1) is 14.3. The van der Waals surface area contributed by atoms with E-state index in [1.165, 1.54) is 18.2 Å². The van der Waals surface area contributed by atoms with Gasteiger partial charge < -0.3 is 14.6 Å². The van der Waals surface area contributed by atoms with Crippen LogP contribution in [0.2, 0.25) is 0 Å². The molecule has 1 aliphatic rings. The molecule has 1 fully saturated rings. The summed E-state index contributed by atoms with van der Waals surface area (Å²) in [5.74, 6) is -1.39. The molecular formula is C13H15NO6. The Morgan fingerprint density at radius 1 is 1.50 bits per heavy atom. The molecule has 7 nitrogen and oxygen atoms in total. The van der Waals surface area contributed by atoms with E-state index in [-0.39, 0.29) is 24.0 Å². The molecule has 1 aromatic carbocycles. The molecule has 1 aliphatic heterocycles. The zero-order valence-electron chi connectivity index (χ0n) is 10.8. The van der Waals surface area contributed by atoms with Crippen molar-refractivity contribution in [2.75, 3.05) is 13.2 Å². The molecule has 1 aromatic rings. The van der Waals surface area contributed by atoms with Gasteiger partial charge in [-0.25, -0.2) is 4.79 Å². The van der Waals surface area contributed by atoms with Gasteiger partial charge in [-0.2, -0.15) is 0 Å². The number of carboxylic acid groups (broad SMARTS) is 1. The normalized spacial score (nSPS) is 18.5. The van der Waals surface area contributed by atoms with Crippen LogP contribution in [-0.2, 0) is 4.74 Å². The number of aromatic carboxylic acids is 1. The van der Waals surface area contributed by atoms with E-state index in [2.05, 4.69) is 0 Å². The molecule has 0 saturated carbocycles. The van der Waals surface area contributed by atoms with Crippen molar-refractivity contribution in [2.45, 2.75) is 25.4 Å². The summed E-state index contributed by atoms with van der Waals surface area (Å²) in [5, 5.41) is 20.0. The van der Waals surface area contributed by atoms with Gasteiger partial charge in [0.15, 0.2) is 5.75 Å². The lowest BCUT2D eigenvalue weighted by Gasteiger charge is -2.22. The van der Waals surface area contributed by atoms with E-state index >= 15 is 0 Å². The van der Waals surface area contributed by atoms with Crippen LogP contribution in [-0.4, -0.2) is 35.3 Å². The highest BCUT2D eigenvalue weighted by molar-refractivity contribution is 5.93. The minimum Gasteiger partial charge on any atom is -0.484 e. The Morgan fingerprint density at radius 2 is 2.30 bits per heavy atom. The van der Waals surface area contributed by atoms with Crippen LogP contribution in [0.4, 0.5) is 5.69 Å². The fraction of sp³-hybridized carbons (Fsp3) is 0.462. The summed E-state index contributed by atoms with van der Waals surface area (Å²) in [4.78, 5) is 21.3. The summed E-state index contributed by atoms with van der Waals surface area (Å²) < 4.78 is 10.9. The summed E-state index contributed by atoms with van der Waals surface area (Å²) in [6.45, 7) is 0.842. The van der Waals surface area contributed by atoms with Crippen molar-refractivity contribution in [1.82, 2.24) is 0 Å². The van der Waals surface area contributed by atoms with Crippen LogP contribution >= 0.6 is 0 Å². The molecule has 1 heterocycles. The molecule has 0 amide bonds. The summed E-state index contributed by atoms with van der Waals surface area (Å²) in [7, 11) is 0. The molecule has 1 saturated heterocycles. The van der Waals surface area contributed by atoms with Crippen molar-refractivity contribution in [1.29, 1.82) is 0 Å². The largest absolute Gasteiger partial charge is 0.484 e. The van der Waals surface area contributed by atoms with Gasteiger partial charge in [0, 0.05) is 6.61 Å². The Kier molecular flexibility index (Phi) is 4.52. The van der Waals surface area contributed by atoms with Crippen molar-refractivity contribution < 1.29 is 24.3 Å². The number of hydrogen-bond donors (Lipinski definition) is 1. The van der Waals surface area contributed by atoms with Crippen molar-refractivity contribution in [3.63, 3.8) is 0 Å². The highest BCUT2D eigenvalue weighted by Gasteiger charge is 2.26. The average Bonchev–Trinajstić information content (AvgIpc) is 2.45. The van der Waals surface area contributed by atoms with E-state index < -0.39 is 16.6 Å². The topological polar surface area (TPSA) is 98.9 Å². The number of rotatable bonds is 5. The van der Waals surface area contributed by atoms with E-state index in [1.54, 1.807) is 0 Å². The average molecular weight is 281 g/mol. The second-order valence-corrected chi connectivity index (χ2v) is 4.51. The Labute approximate surface area is 115 Å². The zero-order valence-corrected chi connectivity index (χ0v) is 10.8. The number of hydrogen-bond acceptors (Lipinski definition) is 5. The standard InChI is InChI=1S/C13H15NO6/c15-13(16)10-5-3-6-11(12(10)14(17)18)20-8-9-4-1-2-7-19-9/h3,5-6,9H,1-2,4,7-8H2,(H,15,16). The van der Waals surface area contributed by atoms with E-state index in [0.29, 0.717) is 6.61 Å². The smallest absolute Gasteiger partial charge is 0.342 e. The van der Waals surface area contributed by atoms with Crippen LogP contribution in [0.15, 0.2) is 18.2 Å². The third-order valence-electron chi connectivity index (χ3n) is 3.11. The van der Waals surface area contributed by atoms with Crippen LogP contribution in [0, 0.1) is 10.1 Å². The molecule has 1 N–H and O–H groups in total. The van der Waals surface area contributed by atoms with Gasteiger partial charge in [0.25, 0.3) is 0 Å². The molecule has 108 valence electrons. The minimum absolute atomic E-state index is 0.0379. The van der Waals surface area contributed by atoms with Gasteiger partial charge in [-0.3, -0.25) is 10.1 Å². The van der Waals surface area contributed by atoms with Gasteiger partial charge in [0.2, 0.25) is 0 Å². The zero-order chi connectivity index (χ0) is 14.5. The molecule has 7 heteroatoms. The number of carbonyl (C=O) groups is 1. The van der Waals surface area contributed by atoms with Crippen LogP contribution < -0.4 is 4.74 Å². The van der Waals surface area contributed by atoms with Crippen molar-refractivity contribution in [2.24, 2.45) is 0 Å². The lowest BCUT2D eigenvalue weighted by molar-refractivity contribution is -0.386. The van der Waals surface area contributed by atoms with E-state index in [9.17, 15) is 14.9 Å². The number of para-hydroxylation sites is 1. The second-order valence-electron chi connectivity index (χ2n) is 4.51. The van der Waals surface area contributed by atoms with Crippen molar-refractivity contribution in [3.8, 4) is 5.75 Å². The molecule has 0 spiro atoms. The van der Waals surface area contributed by atoms with Gasteiger partial charge in [-0.15, -0.1) is 0 Å². The van der Waals surface area contributed by atoms with E-state index in [0.717, 1.165) is 19.3 Å². The van der Waals surface area contributed by atoms with Crippen LogP contribution in [0.1, 0.15) is 29.6 Å². The number of nitro benzene ring substituents is 1. The Bertz CT molecular complexity index is 510. The number of benzene rings is 1. The summed E-state index contributed by atoms with van der Waals surface area (Å²) in [6, 6.07) is 4.01. The Morgan fingerprint density at radius 3 is 2.90 bits per heavy atom. The molecule has 0 aliphatic carbocycles. The number of carboxylic acids is 1. The maximum absolute atomic E-state index is 11.0. The summed E-state index contributed by atoms with van der Waals surface area (Å²) >= 11 is 0. The Balaban J connectivity index is 2.16. The van der Waals surface area contributed by atoms with Crippen molar-refractivity contribution >= 4 is 11.7 Å². The molecule has 20 heavy (non-hydrogen) atoms. The third-order valence-corrected chi connectivity index (χ3v) is 3.11. The van der Waals surface area contributed by atoms with Crippen LogP contribution in [0.5, 0.6) is 5.75 Å². The molecular weight excluding hydrogens is 266 g/mol. The van der Waals surface area contributed by atoms with Gasteiger partial charge in [-0.1, -0.05) is 6.07 Å². The molecule has 1 atom stereocenters. The molecule has 0 bridgehead atoms. The minimum atomic E-state index is -1.35.